The Hall–Kier alpha value is -4.31. The van der Waals surface area contributed by atoms with E-state index in [9.17, 15) is 0 Å². The summed E-state index contributed by atoms with van der Waals surface area (Å²) in [7, 11) is 0. The maximum absolute atomic E-state index is 5.21. The van der Waals surface area contributed by atoms with Gasteiger partial charge in [-0.05, 0) is 68.8 Å². The van der Waals surface area contributed by atoms with Crippen LogP contribution >= 0.6 is 0 Å². The van der Waals surface area contributed by atoms with Crippen molar-refractivity contribution in [3.05, 3.63) is 108 Å². The summed E-state index contributed by atoms with van der Waals surface area (Å²) in [5.41, 5.74) is 14.0. The quantitative estimate of drug-likeness (QED) is 0.199. The molecule has 0 amide bonds. The number of anilines is 3. The van der Waals surface area contributed by atoms with E-state index >= 15 is 0 Å². The molecule has 41 heavy (non-hydrogen) atoms. The van der Waals surface area contributed by atoms with Crippen molar-refractivity contribution in [3.63, 3.8) is 0 Å². The van der Waals surface area contributed by atoms with E-state index in [1.165, 1.54) is 66.5 Å². The second-order valence-electron chi connectivity index (χ2n) is 13.8. The van der Waals surface area contributed by atoms with E-state index in [1.807, 2.05) is 0 Å². The van der Waals surface area contributed by atoms with Crippen LogP contribution in [0.25, 0.3) is 33.1 Å². The van der Waals surface area contributed by atoms with Gasteiger partial charge in [-0.25, -0.2) is 4.98 Å². The van der Waals surface area contributed by atoms with Gasteiger partial charge < -0.3 is 9.38 Å². The molecule has 4 heteroatoms. The van der Waals surface area contributed by atoms with Crippen LogP contribution in [0.4, 0.5) is 17.1 Å². The highest BCUT2D eigenvalue weighted by molar-refractivity contribution is 6.90. The van der Waals surface area contributed by atoms with Gasteiger partial charge in [0, 0.05) is 45.1 Å². The molecule has 2 aliphatic heterocycles. The summed E-state index contributed by atoms with van der Waals surface area (Å²) in [4.78, 5) is 7.69. The number of hydrogen-bond acceptors (Lipinski definition) is 2. The molecule has 6 aromatic rings. The second kappa shape index (κ2) is 8.13. The molecule has 4 aromatic carbocycles. The summed E-state index contributed by atoms with van der Waals surface area (Å²) in [5, 5.41) is 2.52. The minimum atomic E-state index is 0.0283. The van der Waals surface area contributed by atoms with Gasteiger partial charge in [0.25, 0.3) is 0 Å². The van der Waals surface area contributed by atoms with Crippen LogP contribution in [-0.4, -0.2) is 16.3 Å². The molecule has 8 rings (SSSR count). The Labute approximate surface area is 242 Å². The van der Waals surface area contributed by atoms with Crippen molar-refractivity contribution in [2.75, 3.05) is 4.90 Å². The molecule has 0 unspecified atom stereocenters. The molecule has 0 saturated heterocycles. The number of benzene rings is 4. The number of nitrogens with zero attached hydrogens (tertiary/aromatic N) is 3. The molecule has 4 heterocycles. The number of para-hydroxylation sites is 2. The third-order valence-electron chi connectivity index (χ3n) is 9.12. The van der Waals surface area contributed by atoms with Crippen LogP contribution in [0, 0.1) is 0 Å². The molecular formula is C37H34BN3. The standard InChI is InChI=1S/C37H34BN3/c1-36(2,3)23-18-19-30-32(21-23)40(25-12-8-7-9-13-25)31-17-11-14-26-27-15-10-16-28-29-20-24(37(4,5)6)22-39-35(29)41(34(27)28)38(30)33(26)31/h7-22H,1-6H3. The molecular weight excluding hydrogens is 497 g/mol. The van der Waals surface area contributed by atoms with Gasteiger partial charge in [0.15, 0.2) is 0 Å². The summed E-state index contributed by atoms with van der Waals surface area (Å²) in [5.74, 6) is 0. The molecule has 0 N–H and O–H groups in total. The molecule has 0 fully saturated rings. The lowest BCUT2D eigenvalue weighted by atomic mass is 9.45. The van der Waals surface area contributed by atoms with E-state index in [0.29, 0.717) is 0 Å². The molecule has 2 aromatic heterocycles. The zero-order valence-electron chi connectivity index (χ0n) is 24.7. The summed E-state index contributed by atoms with van der Waals surface area (Å²) < 4.78 is 2.54. The number of aromatic nitrogens is 2. The van der Waals surface area contributed by atoms with Gasteiger partial charge >= 0.3 is 6.85 Å². The van der Waals surface area contributed by atoms with E-state index in [2.05, 4.69) is 148 Å². The summed E-state index contributed by atoms with van der Waals surface area (Å²) in [6, 6.07) is 34.0. The fourth-order valence-corrected chi connectivity index (χ4v) is 6.97. The minimum Gasteiger partial charge on any atom is -0.360 e. The number of hydrogen-bond donors (Lipinski definition) is 0. The maximum atomic E-state index is 5.21. The fourth-order valence-electron chi connectivity index (χ4n) is 6.97. The molecule has 0 radical (unpaired) electrons. The van der Waals surface area contributed by atoms with Crippen molar-refractivity contribution in [2.24, 2.45) is 0 Å². The van der Waals surface area contributed by atoms with E-state index in [-0.39, 0.29) is 17.7 Å². The molecule has 0 spiro atoms. The maximum Gasteiger partial charge on any atom is 0.334 e. The summed E-state index contributed by atoms with van der Waals surface area (Å²) >= 11 is 0. The van der Waals surface area contributed by atoms with E-state index in [0.717, 1.165) is 5.65 Å². The van der Waals surface area contributed by atoms with Crippen LogP contribution in [-0.2, 0) is 10.8 Å². The molecule has 0 bridgehead atoms. The first-order valence-corrected chi connectivity index (χ1v) is 14.7. The first kappa shape index (κ1) is 24.5. The lowest BCUT2D eigenvalue weighted by molar-refractivity contribution is 0.588. The van der Waals surface area contributed by atoms with Crippen molar-refractivity contribution in [1.82, 2.24) is 9.46 Å². The average Bonchev–Trinajstić information content (AvgIpc) is 3.29. The van der Waals surface area contributed by atoms with Crippen LogP contribution in [0.15, 0.2) is 97.2 Å². The molecule has 0 saturated carbocycles. The number of fused-ring (bicyclic) bond motifs is 7. The largest absolute Gasteiger partial charge is 0.360 e. The number of rotatable bonds is 1. The normalized spacial score (nSPS) is 14.0. The highest BCUT2D eigenvalue weighted by atomic mass is 15.2. The number of pyridine rings is 1. The Morgan fingerprint density at radius 1 is 0.634 bits per heavy atom. The highest BCUT2D eigenvalue weighted by Gasteiger charge is 2.43. The zero-order valence-corrected chi connectivity index (χ0v) is 24.7. The Morgan fingerprint density at radius 3 is 2.12 bits per heavy atom. The summed E-state index contributed by atoms with van der Waals surface area (Å²) in [6.45, 7) is 13.7. The first-order chi connectivity index (χ1) is 19.6. The van der Waals surface area contributed by atoms with Crippen LogP contribution in [0.3, 0.4) is 0 Å². The molecule has 0 aliphatic carbocycles. The van der Waals surface area contributed by atoms with Crippen LogP contribution in [0.1, 0.15) is 52.7 Å². The molecule has 2 aliphatic rings. The van der Waals surface area contributed by atoms with Gasteiger partial charge in [-0.3, -0.25) is 0 Å². The van der Waals surface area contributed by atoms with Gasteiger partial charge in [-0.1, -0.05) is 102 Å². The Morgan fingerprint density at radius 2 is 1.37 bits per heavy atom. The Bertz CT molecular complexity index is 2020. The Kier molecular flexibility index (Phi) is 4.86. The summed E-state index contributed by atoms with van der Waals surface area (Å²) in [6.07, 6.45) is 2.09. The van der Waals surface area contributed by atoms with E-state index in [1.54, 1.807) is 0 Å². The minimum absolute atomic E-state index is 0.0283. The first-order valence-electron chi connectivity index (χ1n) is 14.7. The van der Waals surface area contributed by atoms with Crippen LogP contribution < -0.4 is 15.8 Å². The van der Waals surface area contributed by atoms with Crippen molar-refractivity contribution < 1.29 is 0 Å². The molecule has 3 nitrogen and oxygen atoms in total. The monoisotopic (exact) mass is 531 g/mol. The van der Waals surface area contributed by atoms with E-state index < -0.39 is 0 Å². The van der Waals surface area contributed by atoms with Crippen molar-refractivity contribution in [1.29, 1.82) is 0 Å². The molecule has 200 valence electrons. The van der Waals surface area contributed by atoms with Crippen molar-refractivity contribution in [2.45, 2.75) is 52.4 Å². The van der Waals surface area contributed by atoms with Crippen molar-refractivity contribution >= 4 is 56.8 Å². The predicted molar refractivity (Wildman–Crippen MR) is 175 cm³/mol. The van der Waals surface area contributed by atoms with Gasteiger partial charge in [0.1, 0.15) is 5.65 Å². The third kappa shape index (κ3) is 3.37. The van der Waals surface area contributed by atoms with Gasteiger partial charge in [-0.2, -0.15) is 0 Å². The van der Waals surface area contributed by atoms with Gasteiger partial charge in [-0.15, -0.1) is 0 Å². The van der Waals surface area contributed by atoms with Crippen LogP contribution in [0.5, 0.6) is 0 Å². The van der Waals surface area contributed by atoms with E-state index in [4.69, 9.17) is 4.98 Å². The molecule has 0 atom stereocenters. The topological polar surface area (TPSA) is 21.1 Å². The smallest absolute Gasteiger partial charge is 0.334 e. The third-order valence-corrected chi connectivity index (χ3v) is 9.12. The average molecular weight is 532 g/mol. The van der Waals surface area contributed by atoms with Crippen molar-refractivity contribution in [3.8, 4) is 11.1 Å². The lowest BCUT2D eigenvalue weighted by Crippen LogP contribution is -2.56. The van der Waals surface area contributed by atoms with Gasteiger partial charge in [0.05, 0.1) is 0 Å². The fraction of sp³-hybridized carbons (Fsp3) is 0.216. The SMILES string of the molecule is CC(C)(C)c1ccc2c(c1)N(c1ccccc1)c1cccc3c1B2n1c2ncc(C(C)(C)C)cc2c2cccc-3c21. The zero-order chi connectivity index (χ0) is 28.3. The van der Waals surface area contributed by atoms with Gasteiger partial charge in [0.2, 0.25) is 0 Å². The predicted octanol–water partition coefficient (Wildman–Crippen LogP) is 8.20. The second-order valence-corrected chi connectivity index (χ2v) is 13.8. The Balaban J connectivity index is 1.52. The lowest BCUT2D eigenvalue weighted by Gasteiger charge is -2.41. The van der Waals surface area contributed by atoms with Crippen LogP contribution in [0.2, 0.25) is 0 Å². The highest BCUT2D eigenvalue weighted by Crippen LogP contribution is 2.45.